The van der Waals surface area contributed by atoms with Gasteiger partial charge in [-0.3, -0.25) is 9.59 Å². The largest absolute Gasteiger partial charge is 0.466 e. The zero-order valence-electron chi connectivity index (χ0n) is 19.8. The number of hydrogen-bond donors (Lipinski definition) is 1. The van der Waals surface area contributed by atoms with Crippen LogP contribution in [0.5, 0.6) is 0 Å². The normalized spacial score (nSPS) is 21.4. The minimum atomic E-state index is -0.540. The fourth-order valence-electron chi connectivity index (χ4n) is 4.77. The highest BCUT2D eigenvalue weighted by atomic mass is 35.5. The number of nitrogens with zero attached hydrogens (tertiary/aromatic N) is 1. The van der Waals surface area contributed by atoms with Crippen molar-refractivity contribution in [2.45, 2.75) is 64.0 Å². The van der Waals surface area contributed by atoms with Crippen molar-refractivity contribution in [2.24, 2.45) is 5.92 Å². The van der Waals surface area contributed by atoms with Crippen LogP contribution in [-0.2, 0) is 14.3 Å². The lowest BCUT2D eigenvalue weighted by Crippen LogP contribution is -2.53. The standard InChI is InChI=1S/C27H33Cl2NO4/c1-3-5-13-34-25(32)16-20-15-24(19-7-6-8-22(29)14-19)26(18-9-11-21(28)12-10-18)30(27(20)33)23(4-2)17-31/h6-12,14,20,23-24,26,31H,3-5,13,15-17H2,1-2H3/t20-,23+,24-,26-/m1/s1. The summed E-state index contributed by atoms with van der Waals surface area (Å²) in [6.07, 6.45) is 2.81. The van der Waals surface area contributed by atoms with Gasteiger partial charge in [-0.05, 0) is 54.7 Å². The molecule has 5 nitrogen and oxygen atoms in total. The number of aliphatic hydroxyl groups excluding tert-OH is 1. The van der Waals surface area contributed by atoms with Crippen LogP contribution in [0.2, 0.25) is 10.0 Å². The number of amides is 1. The summed E-state index contributed by atoms with van der Waals surface area (Å²) < 4.78 is 5.37. The molecule has 0 aliphatic carbocycles. The van der Waals surface area contributed by atoms with Crippen molar-refractivity contribution in [2.75, 3.05) is 13.2 Å². The minimum Gasteiger partial charge on any atom is -0.466 e. The second-order valence-corrected chi connectivity index (χ2v) is 9.73. The maximum atomic E-state index is 13.8. The van der Waals surface area contributed by atoms with E-state index in [9.17, 15) is 14.7 Å². The van der Waals surface area contributed by atoms with Crippen molar-refractivity contribution in [1.82, 2.24) is 4.90 Å². The van der Waals surface area contributed by atoms with E-state index in [0.29, 0.717) is 29.5 Å². The SMILES string of the molecule is CCCCOC(=O)C[C@H]1C[C@H](c2cccc(Cl)c2)[C@@H](c2ccc(Cl)cc2)N([C@@H](CC)CO)C1=O. The summed E-state index contributed by atoms with van der Waals surface area (Å²) in [7, 11) is 0. The van der Waals surface area contributed by atoms with E-state index in [1.54, 1.807) is 4.90 Å². The topological polar surface area (TPSA) is 66.8 Å². The van der Waals surface area contributed by atoms with Gasteiger partial charge in [-0.1, -0.05) is 67.7 Å². The molecule has 7 heteroatoms. The molecule has 0 bridgehead atoms. The van der Waals surface area contributed by atoms with Crippen molar-refractivity contribution in [3.63, 3.8) is 0 Å². The lowest BCUT2D eigenvalue weighted by atomic mass is 9.74. The number of ether oxygens (including phenoxy) is 1. The van der Waals surface area contributed by atoms with E-state index in [2.05, 4.69) is 0 Å². The highest BCUT2D eigenvalue weighted by Crippen LogP contribution is 2.47. The van der Waals surface area contributed by atoms with E-state index < -0.39 is 5.92 Å². The van der Waals surface area contributed by atoms with Gasteiger partial charge >= 0.3 is 5.97 Å². The summed E-state index contributed by atoms with van der Waals surface area (Å²) in [5, 5.41) is 11.4. The maximum absolute atomic E-state index is 13.8. The second-order valence-electron chi connectivity index (χ2n) is 8.86. The molecule has 0 radical (unpaired) electrons. The van der Waals surface area contributed by atoms with Crippen molar-refractivity contribution < 1.29 is 19.4 Å². The van der Waals surface area contributed by atoms with Crippen LogP contribution >= 0.6 is 23.2 Å². The Bertz CT molecular complexity index is 961. The number of esters is 1. The number of likely N-dealkylation sites (tertiary alicyclic amines) is 1. The number of benzene rings is 2. The molecule has 2 aromatic rings. The van der Waals surface area contributed by atoms with Crippen molar-refractivity contribution >= 4 is 35.1 Å². The summed E-state index contributed by atoms with van der Waals surface area (Å²) in [6.45, 7) is 4.17. The molecule has 184 valence electrons. The smallest absolute Gasteiger partial charge is 0.306 e. The summed E-state index contributed by atoms with van der Waals surface area (Å²) in [6, 6.07) is 14.4. The van der Waals surface area contributed by atoms with Crippen LogP contribution in [0.25, 0.3) is 0 Å². The predicted octanol–water partition coefficient (Wildman–Crippen LogP) is 6.17. The summed E-state index contributed by atoms with van der Waals surface area (Å²) in [5.74, 6) is -1.15. The Labute approximate surface area is 212 Å². The molecule has 1 amide bonds. The molecule has 0 saturated carbocycles. The maximum Gasteiger partial charge on any atom is 0.306 e. The van der Waals surface area contributed by atoms with E-state index in [4.69, 9.17) is 27.9 Å². The van der Waals surface area contributed by atoms with E-state index in [-0.39, 0.29) is 42.9 Å². The van der Waals surface area contributed by atoms with Crippen LogP contribution < -0.4 is 0 Å². The van der Waals surface area contributed by atoms with Gasteiger partial charge in [0.15, 0.2) is 0 Å². The molecule has 3 rings (SSSR count). The zero-order valence-corrected chi connectivity index (χ0v) is 21.3. The molecule has 1 aliphatic rings. The molecule has 1 saturated heterocycles. The van der Waals surface area contributed by atoms with Crippen LogP contribution in [0.15, 0.2) is 48.5 Å². The Morgan fingerprint density at radius 1 is 1.12 bits per heavy atom. The van der Waals surface area contributed by atoms with Gasteiger partial charge in [-0.15, -0.1) is 0 Å². The molecule has 0 spiro atoms. The summed E-state index contributed by atoms with van der Waals surface area (Å²) >= 11 is 12.5. The van der Waals surface area contributed by atoms with E-state index in [1.807, 2.05) is 62.4 Å². The summed E-state index contributed by atoms with van der Waals surface area (Å²) in [5.41, 5.74) is 1.92. The number of carbonyl (C=O) groups excluding carboxylic acids is 2. The van der Waals surface area contributed by atoms with Gasteiger partial charge < -0.3 is 14.7 Å². The number of halogens is 2. The van der Waals surface area contributed by atoms with Gasteiger partial charge in [0, 0.05) is 21.9 Å². The molecule has 1 N–H and O–H groups in total. The summed E-state index contributed by atoms with van der Waals surface area (Å²) in [4.78, 5) is 28.1. The van der Waals surface area contributed by atoms with Crippen molar-refractivity contribution in [3.05, 3.63) is 69.7 Å². The van der Waals surface area contributed by atoms with E-state index in [1.165, 1.54) is 0 Å². The molecular weight excluding hydrogens is 473 g/mol. The second kappa shape index (κ2) is 12.6. The van der Waals surface area contributed by atoms with Crippen molar-refractivity contribution in [1.29, 1.82) is 0 Å². The third kappa shape index (κ3) is 6.32. The van der Waals surface area contributed by atoms with Gasteiger partial charge in [0.2, 0.25) is 5.91 Å². The zero-order chi connectivity index (χ0) is 24.7. The molecular formula is C27H33Cl2NO4. The first kappa shape index (κ1) is 26.5. The van der Waals surface area contributed by atoms with Crippen molar-refractivity contribution in [3.8, 4) is 0 Å². The number of rotatable bonds is 10. The third-order valence-electron chi connectivity index (χ3n) is 6.56. The number of unbranched alkanes of at least 4 members (excludes halogenated alkanes) is 1. The Kier molecular flexibility index (Phi) is 9.81. The molecule has 2 aromatic carbocycles. The first-order valence-electron chi connectivity index (χ1n) is 12.0. The quantitative estimate of drug-likeness (QED) is 0.309. The van der Waals surface area contributed by atoms with Gasteiger partial charge in [0.25, 0.3) is 0 Å². The Morgan fingerprint density at radius 3 is 2.47 bits per heavy atom. The molecule has 1 fully saturated rings. The average Bonchev–Trinajstić information content (AvgIpc) is 2.82. The first-order valence-corrected chi connectivity index (χ1v) is 12.7. The van der Waals surface area contributed by atoms with Crippen LogP contribution in [0.3, 0.4) is 0 Å². The predicted molar refractivity (Wildman–Crippen MR) is 135 cm³/mol. The molecule has 34 heavy (non-hydrogen) atoms. The first-order chi connectivity index (χ1) is 16.4. The monoisotopic (exact) mass is 505 g/mol. The fourth-order valence-corrected chi connectivity index (χ4v) is 5.09. The van der Waals surface area contributed by atoms with Gasteiger partial charge in [0.05, 0.1) is 31.7 Å². The highest BCUT2D eigenvalue weighted by molar-refractivity contribution is 6.30. The van der Waals surface area contributed by atoms with Crippen LogP contribution in [-0.4, -0.2) is 41.1 Å². The highest BCUT2D eigenvalue weighted by Gasteiger charge is 2.46. The van der Waals surface area contributed by atoms with E-state index >= 15 is 0 Å². The van der Waals surface area contributed by atoms with Gasteiger partial charge in [-0.2, -0.15) is 0 Å². The molecule has 0 unspecified atom stereocenters. The lowest BCUT2D eigenvalue weighted by Gasteiger charge is -2.48. The molecule has 1 heterocycles. The Hall–Kier alpha value is -2.08. The van der Waals surface area contributed by atoms with Gasteiger partial charge in [-0.25, -0.2) is 0 Å². The number of hydrogen-bond acceptors (Lipinski definition) is 4. The fraction of sp³-hybridized carbons (Fsp3) is 0.481. The molecule has 1 aliphatic heterocycles. The Balaban J connectivity index is 2.04. The minimum absolute atomic E-state index is 0.0192. The number of aliphatic hydroxyl groups is 1. The van der Waals surface area contributed by atoms with Gasteiger partial charge in [0.1, 0.15) is 0 Å². The molecule has 4 atom stereocenters. The Morgan fingerprint density at radius 2 is 1.85 bits per heavy atom. The third-order valence-corrected chi connectivity index (χ3v) is 7.05. The average molecular weight is 506 g/mol. The van der Waals surface area contributed by atoms with Crippen LogP contribution in [0.4, 0.5) is 0 Å². The number of carbonyl (C=O) groups is 2. The lowest BCUT2D eigenvalue weighted by molar-refractivity contribution is -0.155. The van der Waals surface area contributed by atoms with Crippen LogP contribution in [0, 0.1) is 5.92 Å². The van der Waals surface area contributed by atoms with Crippen LogP contribution in [0.1, 0.15) is 69.0 Å². The molecule has 0 aromatic heterocycles. The van der Waals surface area contributed by atoms with E-state index in [0.717, 1.165) is 24.0 Å². The number of piperidine rings is 1.